The first-order chi connectivity index (χ1) is 15.2. The Morgan fingerprint density at radius 2 is 1.12 bits per heavy atom. The highest BCUT2D eigenvalue weighted by molar-refractivity contribution is 5.21. The molecule has 0 amide bonds. The van der Waals surface area contributed by atoms with E-state index in [1.807, 2.05) is 12.3 Å². The van der Waals surface area contributed by atoms with E-state index in [1.165, 1.54) is 43.4 Å². The molecule has 0 unspecified atom stereocenters. The van der Waals surface area contributed by atoms with Crippen molar-refractivity contribution in [2.75, 3.05) is 0 Å². The Bertz CT molecular complexity index is 796. The van der Waals surface area contributed by atoms with Crippen molar-refractivity contribution in [3.63, 3.8) is 0 Å². The topological polar surface area (TPSA) is 25.8 Å². The molecule has 0 radical (unpaired) electrons. The summed E-state index contributed by atoms with van der Waals surface area (Å²) in [6.45, 7) is 8.59. The van der Waals surface area contributed by atoms with Crippen molar-refractivity contribution in [2.45, 2.75) is 115 Å². The van der Waals surface area contributed by atoms with Gasteiger partial charge in [0.1, 0.15) is 0 Å². The third-order valence-corrected chi connectivity index (χ3v) is 7.07. The van der Waals surface area contributed by atoms with Crippen LogP contribution in [0.25, 0.3) is 0 Å². The van der Waals surface area contributed by atoms with Crippen LogP contribution in [0.15, 0.2) is 36.7 Å². The van der Waals surface area contributed by atoms with Crippen molar-refractivity contribution in [3.8, 4) is 0 Å². The molecular weight excluding hydrogens is 402 g/mol. The number of halogens is 2. The molecule has 2 aromatic heterocycles. The van der Waals surface area contributed by atoms with Gasteiger partial charge in [0.2, 0.25) is 5.92 Å². The van der Waals surface area contributed by atoms with Crippen LogP contribution in [0.5, 0.6) is 0 Å². The average Bonchev–Trinajstić information content (AvgIpc) is 2.80. The van der Waals surface area contributed by atoms with Crippen molar-refractivity contribution in [2.24, 2.45) is 0 Å². The van der Waals surface area contributed by atoms with Gasteiger partial charge in [0.25, 0.3) is 0 Å². The van der Waals surface area contributed by atoms with Gasteiger partial charge in [0.15, 0.2) is 0 Å². The normalized spacial score (nSPS) is 19.6. The Hall–Kier alpha value is -1.84. The summed E-state index contributed by atoms with van der Waals surface area (Å²) in [7, 11) is 0. The summed E-state index contributed by atoms with van der Waals surface area (Å²) in [5, 5.41) is 0. The molecule has 0 aliphatic heterocycles. The van der Waals surface area contributed by atoms with Gasteiger partial charge in [0.05, 0.1) is 0 Å². The molecule has 2 aromatic rings. The number of rotatable bonds is 4. The quantitative estimate of drug-likeness (QED) is 0.473. The summed E-state index contributed by atoms with van der Waals surface area (Å²) in [6.07, 6.45) is 12.1. The van der Waals surface area contributed by atoms with Crippen LogP contribution >= 0.6 is 0 Å². The first-order valence-corrected chi connectivity index (χ1v) is 12.5. The van der Waals surface area contributed by atoms with Crippen molar-refractivity contribution < 1.29 is 8.78 Å². The van der Waals surface area contributed by atoms with Crippen molar-refractivity contribution in [3.05, 3.63) is 59.2 Å². The standard InChI is InChI=1S/C14H19F2N.C14H21N/c1-10(2)13-4-3-12(9-17-13)11-5-7-14(15,16)8-6-11;1-11(2)14-9-8-13(10-15-14)12-6-4-3-5-7-12/h3-4,9-11H,5-8H2,1-2H3;8-12H,3-7H2,1-2H3. The van der Waals surface area contributed by atoms with Gasteiger partial charge in [-0.05, 0) is 72.6 Å². The van der Waals surface area contributed by atoms with E-state index >= 15 is 0 Å². The third kappa shape index (κ3) is 7.08. The lowest BCUT2D eigenvalue weighted by molar-refractivity contribution is -0.0382. The van der Waals surface area contributed by atoms with Gasteiger partial charge >= 0.3 is 0 Å². The maximum atomic E-state index is 13.0. The molecule has 4 rings (SSSR count). The molecule has 0 atom stereocenters. The van der Waals surface area contributed by atoms with Gasteiger partial charge < -0.3 is 0 Å². The highest BCUT2D eigenvalue weighted by Crippen LogP contribution is 2.40. The number of aromatic nitrogens is 2. The van der Waals surface area contributed by atoms with Crippen LogP contribution in [-0.2, 0) is 0 Å². The number of nitrogens with zero attached hydrogens (tertiary/aromatic N) is 2. The first kappa shape index (κ1) is 24.8. The van der Waals surface area contributed by atoms with Crippen LogP contribution in [0.4, 0.5) is 8.78 Å². The third-order valence-electron chi connectivity index (χ3n) is 7.07. The average molecular weight is 443 g/mol. The molecule has 0 bridgehead atoms. The Labute approximate surface area is 193 Å². The summed E-state index contributed by atoms with van der Waals surface area (Å²) in [6, 6.07) is 8.57. The van der Waals surface area contributed by atoms with Crippen molar-refractivity contribution in [1.29, 1.82) is 0 Å². The van der Waals surface area contributed by atoms with Gasteiger partial charge in [-0.3, -0.25) is 9.97 Å². The molecular formula is C28H40F2N2. The molecule has 2 saturated carbocycles. The fourth-order valence-electron chi connectivity index (χ4n) is 4.81. The molecule has 176 valence electrons. The summed E-state index contributed by atoms with van der Waals surface area (Å²) in [4.78, 5) is 8.96. The van der Waals surface area contributed by atoms with Gasteiger partial charge in [-0.1, -0.05) is 59.1 Å². The van der Waals surface area contributed by atoms with Crippen LogP contribution in [0.3, 0.4) is 0 Å². The zero-order valence-corrected chi connectivity index (χ0v) is 20.3. The Morgan fingerprint density at radius 1 is 0.688 bits per heavy atom. The summed E-state index contributed by atoms with van der Waals surface area (Å²) in [5.74, 6) is -0.428. The minimum atomic E-state index is -2.44. The smallest absolute Gasteiger partial charge is 0.248 e. The molecule has 2 fully saturated rings. The molecule has 32 heavy (non-hydrogen) atoms. The van der Waals surface area contributed by atoms with Crippen LogP contribution in [0.2, 0.25) is 0 Å². The van der Waals surface area contributed by atoms with E-state index in [4.69, 9.17) is 0 Å². The summed E-state index contributed by atoms with van der Waals surface area (Å²) in [5.41, 5.74) is 4.86. The van der Waals surface area contributed by atoms with Gasteiger partial charge in [0, 0.05) is 36.6 Å². The largest absolute Gasteiger partial charge is 0.261 e. The van der Waals surface area contributed by atoms with E-state index in [-0.39, 0.29) is 18.8 Å². The zero-order valence-electron chi connectivity index (χ0n) is 20.3. The Morgan fingerprint density at radius 3 is 1.50 bits per heavy atom. The molecule has 0 N–H and O–H groups in total. The number of hydrogen-bond donors (Lipinski definition) is 0. The molecule has 0 aromatic carbocycles. The molecule has 2 heterocycles. The van der Waals surface area contributed by atoms with Crippen LogP contribution < -0.4 is 0 Å². The Kier molecular flexibility index (Phi) is 8.79. The van der Waals surface area contributed by atoms with Crippen LogP contribution in [0.1, 0.15) is 132 Å². The fraction of sp³-hybridized carbons (Fsp3) is 0.643. The first-order valence-electron chi connectivity index (χ1n) is 12.5. The van der Waals surface area contributed by atoms with Gasteiger partial charge in [-0.25, -0.2) is 8.78 Å². The fourth-order valence-corrected chi connectivity index (χ4v) is 4.81. The zero-order chi connectivity index (χ0) is 23.1. The molecule has 2 aliphatic carbocycles. The number of pyridine rings is 2. The predicted molar refractivity (Wildman–Crippen MR) is 129 cm³/mol. The summed E-state index contributed by atoms with van der Waals surface area (Å²) < 4.78 is 26.1. The van der Waals surface area contributed by atoms with E-state index in [2.05, 4.69) is 62.1 Å². The lowest BCUT2D eigenvalue weighted by Gasteiger charge is -2.28. The van der Waals surface area contributed by atoms with Crippen molar-refractivity contribution >= 4 is 0 Å². The Balaban J connectivity index is 0.000000182. The highest BCUT2D eigenvalue weighted by atomic mass is 19.3. The SMILES string of the molecule is CC(C)c1ccc(C2CCC(F)(F)CC2)cn1.CC(C)c1ccc(C2CCCCC2)cn1. The number of alkyl halides is 2. The molecule has 0 saturated heterocycles. The van der Waals surface area contributed by atoms with Gasteiger partial charge in [-0.15, -0.1) is 0 Å². The number of hydrogen-bond acceptors (Lipinski definition) is 2. The maximum Gasteiger partial charge on any atom is 0.248 e. The molecule has 2 aliphatic rings. The minimum Gasteiger partial charge on any atom is -0.261 e. The van der Waals surface area contributed by atoms with E-state index < -0.39 is 5.92 Å². The second-order valence-electron chi connectivity index (χ2n) is 10.3. The monoisotopic (exact) mass is 442 g/mol. The van der Waals surface area contributed by atoms with E-state index in [0.29, 0.717) is 24.7 Å². The van der Waals surface area contributed by atoms with E-state index in [0.717, 1.165) is 17.2 Å². The minimum absolute atomic E-state index is 0.0175. The van der Waals surface area contributed by atoms with Gasteiger partial charge in [-0.2, -0.15) is 0 Å². The molecule has 2 nitrogen and oxygen atoms in total. The second-order valence-corrected chi connectivity index (χ2v) is 10.3. The van der Waals surface area contributed by atoms with E-state index in [9.17, 15) is 8.78 Å². The summed E-state index contributed by atoms with van der Waals surface area (Å²) >= 11 is 0. The van der Waals surface area contributed by atoms with Crippen LogP contribution in [0, 0.1) is 0 Å². The van der Waals surface area contributed by atoms with Crippen LogP contribution in [-0.4, -0.2) is 15.9 Å². The lowest BCUT2D eigenvalue weighted by Crippen LogP contribution is -2.23. The van der Waals surface area contributed by atoms with E-state index in [1.54, 1.807) is 0 Å². The van der Waals surface area contributed by atoms with Crippen molar-refractivity contribution in [1.82, 2.24) is 9.97 Å². The lowest BCUT2D eigenvalue weighted by atomic mass is 9.83. The maximum absolute atomic E-state index is 13.0. The predicted octanol–water partition coefficient (Wildman–Crippen LogP) is 8.75. The molecule has 4 heteroatoms. The molecule has 0 spiro atoms. The second kappa shape index (κ2) is 11.3. The highest BCUT2D eigenvalue weighted by Gasteiger charge is 2.35.